The van der Waals surface area contributed by atoms with Crippen molar-refractivity contribution in [3.8, 4) is 41.2 Å². The zero-order valence-electron chi connectivity index (χ0n) is 60.1. The minimum absolute atomic E-state index is 0. The Balaban J connectivity index is -0.000000176. The first-order chi connectivity index (χ1) is 47.3. The number of halogens is 3. The Morgan fingerprint density at radius 3 is 1.28 bits per heavy atom. The maximum Gasteiger partial charge on any atom is 1.00 e. The molecule has 7 N–H and O–H groups in total. The number of carbonyl (C=O) groups excluding carboxylic acids is 2. The molecule has 0 amide bonds. The van der Waals surface area contributed by atoms with Crippen molar-refractivity contribution in [2.24, 2.45) is 10.9 Å². The molecule has 0 bridgehead atoms. The van der Waals surface area contributed by atoms with E-state index in [2.05, 4.69) is 56.5 Å². The van der Waals surface area contributed by atoms with Crippen molar-refractivity contribution < 1.29 is 288 Å². The number of nitrogens with two attached hydrogens (primary N) is 1. The summed E-state index contributed by atoms with van der Waals surface area (Å²) in [7, 11) is 3.91. The number of aromatic hydroxyl groups is 2. The average Bonchev–Trinajstić information content (AvgIpc) is 1.00. The first-order valence-corrected chi connectivity index (χ1v) is 30.0. The topological polar surface area (TPSA) is 434 Å². The van der Waals surface area contributed by atoms with Crippen LogP contribution < -0.4 is 253 Å². The first kappa shape index (κ1) is 105. The number of aromatic amines is 1. The molecule has 524 valence electrons. The molecule has 4 aromatic carbocycles. The van der Waals surface area contributed by atoms with E-state index in [1.54, 1.807) is 71.0 Å². The average molecular weight is 1640 g/mol. The fourth-order valence-electron chi connectivity index (χ4n) is 6.70. The standard InChI is InChI=1S/C16H19N3O4.C16H16N2O3.C13H10N2O2.C7H7BrO.C6H4N2O.C3H7BrO.C2H6O.CH3F.2CH2O3.4K.2H/c1-22-7-8-23-14-4-2-3-12(9-14)10-19-11-13(16(17)18-21)5-6-15(19)20;1-20-7-8-21-15-4-2-3-13(9-15)11-18-12-14(10-17)5-6-16(18)19;14-7-11-4-5-13(17)15(9-11)8-10-2-1-3-12(16)6-10;8-5-6-2-1-3-7(9)4-6;7-3-5-1-2-6(9)8-4-5;1-5-3-2-4;1-2-3;1-2;2*2-1-4-3;;;;;;/h2-6,9,11,21H,7-8,10H2,1H3,(H2,17,18);2-6,9,12H,7-8,11H2,1H3;1-6,9,16H,8H2;1-4,9H,5H2;1-2,4H,(H,8,9);2-3H2,1H3;3H,2H2,1H3;1H3;2*1,3H;;;;;;/q;;;;;;;;;;4*+1;2*-1/p-2/i;;;;;;;1D;;;;;;;;. The fourth-order valence-corrected chi connectivity index (χ4v) is 7.37. The van der Waals surface area contributed by atoms with E-state index in [-0.39, 0.29) is 262 Å². The molecule has 0 aliphatic rings. The molecule has 0 fully saturated rings. The second kappa shape index (κ2) is 72.7. The summed E-state index contributed by atoms with van der Waals surface area (Å²) < 4.78 is 45.5. The molecule has 0 unspecified atom stereocenters. The summed E-state index contributed by atoms with van der Waals surface area (Å²) in [6.45, 7) is 5.42. The summed E-state index contributed by atoms with van der Waals surface area (Å²) in [4.78, 5) is 70.6. The van der Waals surface area contributed by atoms with E-state index < -0.39 is 7.15 Å². The van der Waals surface area contributed by atoms with Crippen molar-refractivity contribution in [3.63, 3.8) is 0 Å². The van der Waals surface area contributed by atoms with E-state index in [9.17, 15) is 28.7 Å². The number of methoxy groups -OCH3 is 3. The molecule has 0 spiro atoms. The number of carbonyl (C=O) groups is 2. The van der Waals surface area contributed by atoms with Gasteiger partial charge < -0.3 is 91.8 Å². The van der Waals surface area contributed by atoms with Gasteiger partial charge in [0.2, 0.25) is 5.56 Å². The van der Waals surface area contributed by atoms with Gasteiger partial charge in [0.05, 0.1) is 64.7 Å². The zero-order valence-corrected chi connectivity index (χ0v) is 72.7. The van der Waals surface area contributed by atoms with Crippen molar-refractivity contribution in [1.82, 2.24) is 18.7 Å². The number of hydrogen-bond acceptors (Lipinski definition) is 23. The molecule has 0 aliphatic heterocycles. The summed E-state index contributed by atoms with van der Waals surface area (Å²) in [6, 6.07) is 46.2. The Labute approximate surface area is 774 Å². The molecule has 0 saturated carbocycles. The quantitative estimate of drug-likeness (QED) is 0.00476. The van der Waals surface area contributed by atoms with E-state index in [0.717, 1.165) is 45.3 Å². The number of nitrogens with zero attached hydrogens (tertiary/aromatic N) is 7. The third-order valence-electron chi connectivity index (χ3n) is 10.8. The number of ether oxygens (including phenoxy) is 5. The number of H-pyrrole nitrogens is 1. The molecule has 0 saturated heterocycles. The van der Waals surface area contributed by atoms with Gasteiger partial charge in [-0.3, -0.25) is 33.2 Å². The number of phenols is 2. The van der Waals surface area contributed by atoms with Gasteiger partial charge in [0.25, 0.3) is 29.6 Å². The molecule has 8 aromatic rings. The number of pyridine rings is 4. The van der Waals surface area contributed by atoms with Gasteiger partial charge in [-0.15, -0.1) is 0 Å². The molecule has 28 nitrogen and oxygen atoms in total. The fraction of sp³-hybridized carbons (Fsp3) is 0.242. The summed E-state index contributed by atoms with van der Waals surface area (Å²) in [5, 5.41) is 82.0. The molecule has 0 radical (unpaired) electrons. The number of hydrogen-bond donors (Lipinski definition) is 6. The van der Waals surface area contributed by atoms with Crippen LogP contribution in [0.1, 0.15) is 55.7 Å². The van der Waals surface area contributed by atoms with Crippen LogP contribution in [-0.4, -0.2) is 131 Å². The van der Waals surface area contributed by atoms with Gasteiger partial charge in [-0.05, 0) is 102 Å². The van der Waals surface area contributed by atoms with Gasteiger partial charge in [0, 0.05) is 93.2 Å². The van der Waals surface area contributed by atoms with Crippen LogP contribution in [0.4, 0.5) is 4.39 Å². The summed E-state index contributed by atoms with van der Waals surface area (Å²) in [6.07, 6.45) is 5.99. The van der Waals surface area contributed by atoms with Crippen LogP contribution in [0, 0.1) is 34.0 Å². The Morgan fingerprint density at radius 2 is 0.960 bits per heavy atom. The summed E-state index contributed by atoms with van der Waals surface area (Å²) >= 11 is 6.47. The third-order valence-corrected chi connectivity index (χ3v) is 11.8. The number of aliphatic hydroxyl groups is 1. The molecule has 8 rings (SSSR count). The van der Waals surface area contributed by atoms with E-state index in [1.807, 2.05) is 84.9 Å². The number of nitrogens with one attached hydrogen (secondary N) is 1. The number of oxime groups is 1. The Kier molecular flexibility index (Phi) is 75.8. The van der Waals surface area contributed by atoms with Crippen molar-refractivity contribution in [2.45, 2.75) is 31.9 Å². The van der Waals surface area contributed by atoms with Gasteiger partial charge in [0.1, 0.15) is 54.4 Å². The molecule has 4 aromatic heterocycles. The molecular formula is C66H76Br2FK4N9O19. The number of aliphatic hydroxyl groups excluding tert-OH is 1. The van der Waals surface area contributed by atoms with Crippen LogP contribution in [0.3, 0.4) is 0 Å². The molecule has 35 heteroatoms. The smallest absolute Gasteiger partial charge is 1.00 e. The number of benzene rings is 4. The largest absolute Gasteiger partial charge is 1.00 e. The maximum atomic E-state index is 12.0. The second-order valence-corrected chi connectivity index (χ2v) is 19.1. The van der Waals surface area contributed by atoms with Crippen molar-refractivity contribution in [2.75, 3.05) is 73.5 Å². The van der Waals surface area contributed by atoms with Crippen LogP contribution >= 0.6 is 31.9 Å². The number of rotatable bonds is 20. The third kappa shape index (κ3) is 54.1. The van der Waals surface area contributed by atoms with Gasteiger partial charge in [0.15, 0.2) is 5.84 Å². The molecule has 0 aliphatic carbocycles. The zero-order chi connectivity index (χ0) is 73.7. The van der Waals surface area contributed by atoms with Crippen LogP contribution in [0.25, 0.3) is 0 Å². The maximum absolute atomic E-state index is 12.0. The number of nitriles is 3. The van der Waals surface area contributed by atoms with Crippen molar-refractivity contribution >= 4 is 50.6 Å². The van der Waals surface area contributed by atoms with E-state index >= 15 is 0 Å². The van der Waals surface area contributed by atoms with Gasteiger partial charge >= 0.3 is 206 Å². The number of phenolic OH excluding ortho intramolecular Hbond substituents is 2. The number of aromatic nitrogens is 4. The van der Waals surface area contributed by atoms with Gasteiger partial charge in [-0.1, -0.05) is 85.5 Å². The summed E-state index contributed by atoms with van der Waals surface area (Å²) in [5.41, 5.74) is 10.4. The Morgan fingerprint density at radius 1 is 0.604 bits per heavy atom. The van der Waals surface area contributed by atoms with Crippen molar-refractivity contribution in [3.05, 3.63) is 256 Å². The van der Waals surface area contributed by atoms with Crippen molar-refractivity contribution in [1.29, 1.82) is 15.8 Å². The predicted molar refractivity (Wildman–Crippen MR) is 362 cm³/mol. The Bertz CT molecular complexity index is 3920. The second-order valence-electron chi connectivity index (χ2n) is 17.7. The van der Waals surface area contributed by atoms with Crippen LogP contribution in [0.5, 0.6) is 23.0 Å². The van der Waals surface area contributed by atoms with E-state index in [0.29, 0.717) is 79.8 Å². The molecule has 0 atom stereocenters. The van der Waals surface area contributed by atoms with Crippen LogP contribution in [0.2, 0.25) is 0 Å². The molecule has 101 heavy (non-hydrogen) atoms. The van der Waals surface area contributed by atoms with Gasteiger partial charge in [-0.25, -0.2) is 0 Å². The van der Waals surface area contributed by atoms with Gasteiger partial charge in [-0.2, -0.15) is 15.8 Å². The predicted octanol–water partition coefficient (Wildman–Crippen LogP) is -6.46. The van der Waals surface area contributed by atoms with Crippen LogP contribution in [-0.2, 0) is 58.5 Å². The summed E-state index contributed by atoms with van der Waals surface area (Å²) in [5.74, 6) is 1.88. The Hall–Kier alpha value is -4.24. The minimum atomic E-state index is -1.00. The number of alkyl halides is 3. The number of amidine groups is 1. The monoisotopic (exact) mass is 1630 g/mol. The molecular weight excluding hydrogens is 1560 g/mol. The van der Waals surface area contributed by atoms with E-state index in [1.165, 1.54) is 74.6 Å². The van der Waals surface area contributed by atoms with Crippen LogP contribution in [0.15, 0.2) is 195 Å². The minimum Gasteiger partial charge on any atom is -1.00 e. The first-order valence-electron chi connectivity index (χ1n) is 28.5. The molecule has 4 heterocycles. The SMILES string of the molecule is CCO.COCCBr.COCCOc1cccc(Cn2cc(/C(N)=N/O)ccc2=O)c1.COCCOc1cccc(Cn2cc(C#N)ccc2=O)c1.N#Cc1ccc(=O)[nH]c1.N#Cc1ccc(=O)n(Cc2cccc(O)c2)c1.O=CO[O-].O=CO[O-].Oc1cccc(CBr)c1.[2H]CF.[H-].[H-].[K+].[K+].[K+].[K+]. The van der Waals surface area contributed by atoms with E-state index in [4.69, 9.17) is 77.4 Å². The normalized spacial score (nSPS) is 9.14.